The highest BCUT2D eigenvalue weighted by Crippen LogP contribution is 2.18. The lowest BCUT2D eigenvalue weighted by Gasteiger charge is -2.09. The maximum atomic E-state index is 13.4. The minimum atomic E-state index is -3.75. The van der Waals surface area contributed by atoms with Crippen LogP contribution in [-0.2, 0) is 15.8 Å². The number of hydrogen-bond donors (Lipinski definition) is 1. The predicted octanol–water partition coefficient (Wildman–Crippen LogP) is 3.22. The van der Waals surface area contributed by atoms with E-state index in [9.17, 15) is 17.2 Å². The summed E-state index contributed by atoms with van der Waals surface area (Å²) in [4.78, 5) is 0. The van der Waals surface area contributed by atoms with E-state index in [1.54, 1.807) is 18.2 Å². The second kappa shape index (κ2) is 5.58. The maximum Gasteiger partial charge on any atom is 0.237 e. The molecule has 2 aromatic rings. The Hall–Kier alpha value is -1.95. The van der Waals surface area contributed by atoms with Crippen LogP contribution in [0.5, 0.6) is 0 Å². The molecule has 6 heteroatoms. The lowest BCUT2D eigenvalue weighted by molar-refractivity contribution is 0.582. The third-order valence-corrected chi connectivity index (χ3v) is 3.88. The molecule has 106 valence electrons. The second-order valence-electron chi connectivity index (χ2n) is 4.47. The van der Waals surface area contributed by atoms with Crippen molar-refractivity contribution in [2.45, 2.75) is 12.7 Å². The SMILES string of the molecule is Cc1cccc(CS(=O)(=O)Nc2ccc(F)cc2F)c1. The highest BCUT2D eigenvalue weighted by Gasteiger charge is 2.14. The van der Waals surface area contributed by atoms with Crippen molar-refractivity contribution in [1.82, 2.24) is 0 Å². The molecule has 20 heavy (non-hydrogen) atoms. The number of rotatable bonds is 4. The Morgan fingerprint density at radius 2 is 1.85 bits per heavy atom. The van der Waals surface area contributed by atoms with Crippen molar-refractivity contribution in [2.24, 2.45) is 0 Å². The van der Waals surface area contributed by atoms with Gasteiger partial charge in [-0.15, -0.1) is 0 Å². The summed E-state index contributed by atoms with van der Waals surface area (Å²) in [5.41, 5.74) is 1.27. The quantitative estimate of drug-likeness (QED) is 0.942. The van der Waals surface area contributed by atoms with Gasteiger partial charge in [-0.05, 0) is 24.6 Å². The van der Waals surface area contributed by atoms with Crippen molar-refractivity contribution in [3.05, 3.63) is 65.2 Å². The minimum Gasteiger partial charge on any atom is -0.280 e. The van der Waals surface area contributed by atoms with E-state index in [-0.39, 0.29) is 11.4 Å². The van der Waals surface area contributed by atoms with Crippen molar-refractivity contribution in [1.29, 1.82) is 0 Å². The lowest BCUT2D eigenvalue weighted by atomic mass is 10.2. The molecule has 0 fully saturated rings. The summed E-state index contributed by atoms with van der Waals surface area (Å²) in [5, 5.41) is 0. The van der Waals surface area contributed by atoms with Crippen LogP contribution < -0.4 is 4.72 Å². The fraction of sp³-hybridized carbons (Fsp3) is 0.143. The Kier molecular flexibility index (Phi) is 4.04. The average Bonchev–Trinajstić information content (AvgIpc) is 2.32. The summed E-state index contributed by atoms with van der Waals surface area (Å²) >= 11 is 0. The minimum absolute atomic E-state index is 0.265. The van der Waals surface area contributed by atoms with Crippen LogP contribution in [0.2, 0.25) is 0 Å². The Morgan fingerprint density at radius 3 is 2.50 bits per heavy atom. The van der Waals surface area contributed by atoms with E-state index in [2.05, 4.69) is 4.72 Å². The lowest BCUT2D eigenvalue weighted by Crippen LogP contribution is -2.16. The molecule has 2 rings (SSSR count). The third-order valence-electron chi connectivity index (χ3n) is 2.64. The molecule has 0 aliphatic rings. The number of sulfonamides is 1. The van der Waals surface area contributed by atoms with Gasteiger partial charge in [-0.1, -0.05) is 29.8 Å². The summed E-state index contributed by atoms with van der Waals surface area (Å²) in [5.74, 6) is -1.98. The third kappa shape index (κ3) is 3.77. The molecule has 0 saturated heterocycles. The molecule has 3 nitrogen and oxygen atoms in total. The maximum absolute atomic E-state index is 13.4. The molecule has 0 radical (unpaired) electrons. The zero-order valence-electron chi connectivity index (χ0n) is 10.7. The van der Waals surface area contributed by atoms with Crippen LogP contribution >= 0.6 is 0 Å². The number of aryl methyl sites for hydroxylation is 1. The van der Waals surface area contributed by atoms with Crippen molar-refractivity contribution in [3.8, 4) is 0 Å². The number of hydrogen-bond acceptors (Lipinski definition) is 2. The van der Waals surface area contributed by atoms with Gasteiger partial charge in [0.25, 0.3) is 0 Å². The second-order valence-corrected chi connectivity index (χ2v) is 6.20. The molecule has 0 bridgehead atoms. The Balaban J connectivity index is 2.19. The van der Waals surface area contributed by atoms with Gasteiger partial charge >= 0.3 is 0 Å². The number of nitrogens with one attached hydrogen (secondary N) is 1. The molecule has 0 heterocycles. The van der Waals surface area contributed by atoms with Crippen LogP contribution in [0.15, 0.2) is 42.5 Å². The normalized spacial score (nSPS) is 11.3. The van der Waals surface area contributed by atoms with Crippen LogP contribution in [0.1, 0.15) is 11.1 Å². The average molecular weight is 297 g/mol. The van der Waals surface area contributed by atoms with E-state index in [0.717, 1.165) is 17.7 Å². The predicted molar refractivity (Wildman–Crippen MR) is 73.8 cm³/mol. The molecule has 0 amide bonds. The molecule has 2 aromatic carbocycles. The van der Waals surface area contributed by atoms with Crippen LogP contribution in [0.25, 0.3) is 0 Å². The Morgan fingerprint density at radius 1 is 1.10 bits per heavy atom. The smallest absolute Gasteiger partial charge is 0.237 e. The van der Waals surface area contributed by atoms with Crippen LogP contribution in [0.3, 0.4) is 0 Å². The van der Waals surface area contributed by atoms with Gasteiger partial charge in [0, 0.05) is 6.07 Å². The topological polar surface area (TPSA) is 46.2 Å². The van der Waals surface area contributed by atoms with Gasteiger partial charge in [0.05, 0.1) is 11.4 Å². The van der Waals surface area contributed by atoms with Gasteiger partial charge in [0.1, 0.15) is 11.6 Å². The highest BCUT2D eigenvalue weighted by molar-refractivity contribution is 7.91. The van der Waals surface area contributed by atoms with Crippen LogP contribution in [0, 0.1) is 18.6 Å². The molecule has 0 aliphatic heterocycles. The van der Waals surface area contributed by atoms with Crippen molar-refractivity contribution in [2.75, 3.05) is 4.72 Å². The van der Waals surface area contributed by atoms with Crippen molar-refractivity contribution < 1.29 is 17.2 Å². The molecule has 0 aliphatic carbocycles. The Labute approximate surface area is 116 Å². The van der Waals surface area contributed by atoms with E-state index >= 15 is 0 Å². The first kappa shape index (κ1) is 14.5. The highest BCUT2D eigenvalue weighted by atomic mass is 32.2. The molecule has 0 spiro atoms. The molecular formula is C14H13F2NO2S. The first-order valence-corrected chi connectivity index (χ1v) is 7.52. The Bertz CT molecular complexity index is 730. The van der Waals surface area contributed by atoms with E-state index in [0.29, 0.717) is 11.6 Å². The number of benzene rings is 2. The van der Waals surface area contributed by atoms with Gasteiger partial charge in [0.15, 0.2) is 0 Å². The molecular weight excluding hydrogens is 284 g/mol. The summed E-state index contributed by atoms with van der Waals surface area (Å²) in [7, 11) is -3.75. The van der Waals surface area contributed by atoms with Gasteiger partial charge in [-0.2, -0.15) is 0 Å². The number of anilines is 1. The van der Waals surface area contributed by atoms with E-state index < -0.39 is 21.7 Å². The monoisotopic (exact) mass is 297 g/mol. The molecule has 0 saturated carbocycles. The summed E-state index contributed by atoms with van der Waals surface area (Å²) < 4.78 is 52.2. The first-order chi connectivity index (χ1) is 9.35. The van der Waals surface area contributed by atoms with Gasteiger partial charge < -0.3 is 0 Å². The van der Waals surface area contributed by atoms with Gasteiger partial charge in [-0.25, -0.2) is 17.2 Å². The largest absolute Gasteiger partial charge is 0.280 e. The zero-order valence-corrected chi connectivity index (χ0v) is 11.5. The standard InChI is InChI=1S/C14H13F2NO2S/c1-10-3-2-4-11(7-10)9-20(18,19)17-14-6-5-12(15)8-13(14)16/h2-8,17H,9H2,1H3. The molecule has 0 unspecified atom stereocenters. The van der Waals surface area contributed by atoms with Crippen molar-refractivity contribution in [3.63, 3.8) is 0 Å². The summed E-state index contributed by atoms with van der Waals surface area (Å²) in [6.45, 7) is 1.85. The van der Waals surface area contributed by atoms with Crippen LogP contribution in [0.4, 0.5) is 14.5 Å². The molecule has 0 atom stereocenters. The number of halogens is 2. The van der Waals surface area contributed by atoms with Crippen LogP contribution in [-0.4, -0.2) is 8.42 Å². The zero-order chi connectivity index (χ0) is 14.8. The van der Waals surface area contributed by atoms with E-state index in [1.165, 1.54) is 0 Å². The summed E-state index contributed by atoms with van der Waals surface area (Å²) in [6.07, 6.45) is 0. The van der Waals surface area contributed by atoms with Gasteiger partial charge in [-0.3, -0.25) is 4.72 Å². The summed E-state index contributed by atoms with van der Waals surface area (Å²) in [6, 6.07) is 9.69. The van der Waals surface area contributed by atoms with Gasteiger partial charge in [0.2, 0.25) is 10.0 Å². The molecule has 0 aromatic heterocycles. The van der Waals surface area contributed by atoms with Crippen molar-refractivity contribution >= 4 is 15.7 Å². The van der Waals surface area contributed by atoms with E-state index in [1.807, 2.05) is 13.0 Å². The first-order valence-electron chi connectivity index (χ1n) is 5.87. The fourth-order valence-corrected chi connectivity index (χ4v) is 2.99. The fourth-order valence-electron chi connectivity index (χ4n) is 1.80. The molecule has 1 N–H and O–H groups in total. The van der Waals surface area contributed by atoms with E-state index in [4.69, 9.17) is 0 Å².